The monoisotopic (exact) mass is 859 g/mol. The number of nitrogens with zero attached hydrogens (tertiary/aromatic N) is 2. The van der Waals surface area contributed by atoms with Gasteiger partial charge in [0.05, 0.1) is 6.42 Å². The molecule has 0 aromatic heterocycles. The predicted octanol–water partition coefficient (Wildman–Crippen LogP) is 9.47. The summed E-state index contributed by atoms with van der Waals surface area (Å²) < 4.78 is 12.7. The van der Waals surface area contributed by atoms with Gasteiger partial charge in [-0.3, -0.25) is 19.3 Å². The van der Waals surface area contributed by atoms with Gasteiger partial charge < -0.3 is 19.7 Å². The van der Waals surface area contributed by atoms with Crippen LogP contribution in [-0.2, 0) is 35.9 Å². The van der Waals surface area contributed by atoms with Crippen LogP contribution in [0.5, 0.6) is 0 Å². The van der Waals surface area contributed by atoms with E-state index in [-0.39, 0.29) is 18.9 Å². The number of rotatable bonds is 14. The third-order valence-electron chi connectivity index (χ3n) is 12.2. The van der Waals surface area contributed by atoms with Crippen molar-refractivity contribution < 1.29 is 28.7 Å². The van der Waals surface area contributed by atoms with E-state index < -0.39 is 48.0 Å². The zero-order valence-corrected chi connectivity index (χ0v) is 36.2. The molecule has 1 saturated heterocycles. The summed E-state index contributed by atoms with van der Waals surface area (Å²) >= 11 is 6.94. The van der Waals surface area contributed by atoms with Crippen LogP contribution >= 0.6 is 11.6 Å². The lowest BCUT2D eigenvalue weighted by Crippen LogP contribution is -2.56. The Bertz CT molecular complexity index is 2530. The summed E-state index contributed by atoms with van der Waals surface area (Å²) in [6.07, 6.45) is 0.544. The van der Waals surface area contributed by atoms with E-state index in [1.165, 1.54) is 11.9 Å². The van der Waals surface area contributed by atoms with Crippen LogP contribution in [0.25, 0.3) is 11.1 Å². The maximum atomic E-state index is 14.7. The molecular formula is C53H50ClN3O6. The highest BCUT2D eigenvalue weighted by molar-refractivity contribution is 6.31. The molecule has 1 fully saturated rings. The van der Waals surface area contributed by atoms with Crippen molar-refractivity contribution >= 4 is 35.5 Å². The van der Waals surface area contributed by atoms with Crippen molar-refractivity contribution in [2.24, 2.45) is 0 Å². The summed E-state index contributed by atoms with van der Waals surface area (Å²) in [5.74, 6) is -1.93. The third-order valence-corrected chi connectivity index (χ3v) is 12.6. The van der Waals surface area contributed by atoms with E-state index in [1.54, 1.807) is 11.0 Å². The van der Waals surface area contributed by atoms with E-state index in [9.17, 15) is 19.2 Å². The van der Waals surface area contributed by atoms with Gasteiger partial charge in [-0.2, -0.15) is 0 Å². The number of likely N-dealkylation sites (tertiary alicyclic amines) is 1. The maximum absolute atomic E-state index is 14.7. The Morgan fingerprint density at radius 1 is 0.730 bits per heavy atom. The van der Waals surface area contributed by atoms with Crippen LogP contribution in [-0.4, -0.2) is 72.5 Å². The Morgan fingerprint density at radius 3 is 1.92 bits per heavy atom. The van der Waals surface area contributed by atoms with Gasteiger partial charge in [-0.1, -0.05) is 169 Å². The number of carbonyl (C=O) groups is 4. The number of aryl methyl sites for hydroxylation is 1. The number of amides is 3. The molecule has 0 bridgehead atoms. The third kappa shape index (κ3) is 9.11. The van der Waals surface area contributed by atoms with Crippen molar-refractivity contribution in [2.75, 3.05) is 26.7 Å². The molecule has 1 unspecified atom stereocenters. The maximum Gasteiger partial charge on any atom is 0.410 e. The highest BCUT2D eigenvalue weighted by Crippen LogP contribution is 2.45. The SMILES string of the molecule is Cc1ccc(C(OC(=O)C[C@H](NC(=O)[C@H](Cc2ccccc2)N(C)C(=O)OCC2c3ccccc3-c3ccccc32)C(=O)N2CCCC2)(c2ccccc2)c2ccccc2Cl)cc1. The van der Waals surface area contributed by atoms with E-state index in [1.807, 2.05) is 146 Å². The number of hydrogen-bond donors (Lipinski definition) is 1. The zero-order valence-electron chi connectivity index (χ0n) is 35.4. The summed E-state index contributed by atoms with van der Waals surface area (Å²) in [5.41, 5.74) is 6.46. The first-order valence-electron chi connectivity index (χ1n) is 21.4. The van der Waals surface area contributed by atoms with Gasteiger partial charge in [0, 0.05) is 54.2 Å². The van der Waals surface area contributed by atoms with E-state index in [4.69, 9.17) is 21.1 Å². The number of ether oxygens (including phenoxy) is 2. The molecule has 0 spiro atoms. The van der Waals surface area contributed by atoms with Crippen LogP contribution in [0.3, 0.4) is 0 Å². The number of benzene rings is 6. The standard InChI is InChI=1S/C53H50ClN3O6/c1-36-27-29-39(30-28-36)53(38-19-7-4-8-20-38,45-25-13-14-26-46(45)54)63-49(58)34-47(51(60)57-31-15-16-32-57)55-50(59)48(33-37-17-5-3-6-18-37)56(2)52(61)62-35-44-42-23-11-9-21-40(42)41-22-10-12-24-43(41)44/h3-14,17-30,44,47-48H,15-16,31-35H2,1-2H3,(H,55,59)/t47-,48-,53?/m0/s1. The van der Waals surface area contributed by atoms with Gasteiger partial charge >= 0.3 is 12.1 Å². The van der Waals surface area contributed by atoms with Crippen molar-refractivity contribution in [1.82, 2.24) is 15.1 Å². The molecular weight excluding hydrogens is 810 g/mol. The largest absolute Gasteiger partial charge is 0.448 e. The van der Waals surface area contributed by atoms with E-state index in [2.05, 4.69) is 17.4 Å². The number of likely N-dealkylation sites (N-methyl/N-ethyl adjacent to an activating group) is 1. The highest BCUT2D eigenvalue weighted by Gasteiger charge is 2.44. The minimum absolute atomic E-state index is 0.0639. The fourth-order valence-electron chi connectivity index (χ4n) is 8.93. The second-order valence-electron chi connectivity index (χ2n) is 16.3. The minimum atomic E-state index is -1.52. The molecule has 3 atom stereocenters. The molecule has 63 heavy (non-hydrogen) atoms. The Morgan fingerprint density at radius 2 is 1.29 bits per heavy atom. The first kappa shape index (κ1) is 43.0. The molecule has 1 aliphatic carbocycles. The van der Waals surface area contributed by atoms with Crippen LogP contribution in [0.15, 0.2) is 158 Å². The first-order chi connectivity index (χ1) is 30.6. The first-order valence-corrected chi connectivity index (χ1v) is 21.8. The second-order valence-corrected chi connectivity index (χ2v) is 16.7. The smallest absolute Gasteiger partial charge is 0.410 e. The summed E-state index contributed by atoms with van der Waals surface area (Å²) in [6.45, 7) is 3.02. The Hall–Kier alpha value is -6.71. The van der Waals surface area contributed by atoms with Crippen molar-refractivity contribution in [1.29, 1.82) is 0 Å². The molecule has 1 aliphatic heterocycles. The average Bonchev–Trinajstić information content (AvgIpc) is 3.97. The molecule has 0 radical (unpaired) electrons. The molecule has 3 amide bonds. The van der Waals surface area contributed by atoms with Crippen molar-refractivity contribution in [3.63, 3.8) is 0 Å². The number of esters is 1. The van der Waals surface area contributed by atoms with Crippen LogP contribution in [0.4, 0.5) is 4.79 Å². The lowest BCUT2D eigenvalue weighted by molar-refractivity contribution is -0.156. The molecule has 2 aliphatic rings. The Balaban J connectivity index is 1.08. The lowest BCUT2D eigenvalue weighted by Gasteiger charge is -2.36. The molecule has 8 rings (SSSR count). The Kier molecular flexibility index (Phi) is 13.0. The molecule has 6 aromatic rings. The zero-order chi connectivity index (χ0) is 43.9. The summed E-state index contributed by atoms with van der Waals surface area (Å²) in [4.78, 5) is 60.8. The van der Waals surface area contributed by atoms with E-state index in [0.717, 1.165) is 46.2 Å². The van der Waals surface area contributed by atoms with Crippen LogP contribution in [0, 0.1) is 6.92 Å². The fourth-order valence-corrected chi connectivity index (χ4v) is 9.20. The normalized spacial score (nSPS) is 15.0. The average molecular weight is 860 g/mol. The number of carbonyl (C=O) groups excluding carboxylic acids is 4. The molecule has 6 aromatic carbocycles. The van der Waals surface area contributed by atoms with Crippen LogP contribution < -0.4 is 5.32 Å². The van der Waals surface area contributed by atoms with Gasteiger partial charge in [-0.25, -0.2) is 4.79 Å². The van der Waals surface area contributed by atoms with E-state index >= 15 is 0 Å². The molecule has 320 valence electrons. The van der Waals surface area contributed by atoms with Gasteiger partial charge in [-0.15, -0.1) is 0 Å². The number of hydrogen-bond acceptors (Lipinski definition) is 6. The van der Waals surface area contributed by atoms with Gasteiger partial charge in [0.1, 0.15) is 18.7 Å². The highest BCUT2D eigenvalue weighted by atomic mass is 35.5. The quantitative estimate of drug-likeness (QED) is 0.0865. The summed E-state index contributed by atoms with van der Waals surface area (Å²) in [7, 11) is 1.52. The van der Waals surface area contributed by atoms with Crippen molar-refractivity contribution in [2.45, 2.75) is 56.2 Å². The van der Waals surface area contributed by atoms with Gasteiger partial charge in [0.25, 0.3) is 0 Å². The topological polar surface area (TPSA) is 105 Å². The Labute approximate surface area is 373 Å². The summed E-state index contributed by atoms with van der Waals surface area (Å²) in [5, 5.41) is 3.30. The van der Waals surface area contributed by atoms with Crippen molar-refractivity contribution in [3.8, 4) is 11.1 Å². The summed E-state index contributed by atoms with van der Waals surface area (Å²) in [6, 6.07) is 47.4. The van der Waals surface area contributed by atoms with Crippen LogP contribution in [0.1, 0.15) is 64.1 Å². The predicted molar refractivity (Wildman–Crippen MR) is 244 cm³/mol. The lowest BCUT2D eigenvalue weighted by atomic mass is 9.79. The molecule has 9 nitrogen and oxygen atoms in total. The van der Waals surface area contributed by atoms with Crippen molar-refractivity contribution in [3.05, 3.63) is 202 Å². The van der Waals surface area contributed by atoms with Gasteiger partial charge in [0.2, 0.25) is 11.8 Å². The molecule has 1 N–H and O–H groups in total. The van der Waals surface area contributed by atoms with Crippen LogP contribution in [0.2, 0.25) is 5.02 Å². The number of fused-ring (bicyclic) bond motifs is 3. The minimum Gasteiger partial charge on any atom is -0.448 e. The van der Waals surface area contributed by atoms with Gasteiger partial charge in [-0.05, 0) is 53.6 Å². The second kappa shape index (κ2) is 19.1. The molecule has 10 heteroatoms. The number of halogens is 1. The molecule has 1 heterocycles. The number of nitrogens with one attached hydrogen (secondary N) is 1. The fraction of sp³-hybridized carbons (Fsp3) is 0.245. The van der Waals surface area contributed by atoms with E-state index in [0.29, 0.717) is 34.8 Å². The molecule has 0 saturated carbocycles. The van der Waals surface area contributed by atoms with Gasteiger partial charge in [0.15, 0.2) is 5.60 Å².